The van der Waals surface area contributed by atoms with Crippen LogP contribution < -0.4 is 19.7 Å². The van der Waals surface area contributed by atoms with E-state index in [2.05, 4.69) is 30.2 Å². The van der Waals surface area contributed by atoms with Crippen molar-refractivity contribution in [2.24, 2.45) is 0 Å². The van der Waals surface area contributed by atoms with Crippen molar-refractivity contribution in [3.8, 4) is 11.9 Å². The maximum absolute atomic E-state index is 12.4. The molecule has 0 fully saturated rings. The van der Waals surface area contributed by atoms with Gasteiger partial charge in [-0.25, -0.2) is 4.98 Å². The Morgan fingerprint density at radius 2 is 2.07 bits per heavy atom. The van der Waals surface area contributed by atoms with Gasteiger partial charge in [-0.3, -0.25) is 15.1 Å². The predicted octanol–water partition coefficient (Wildman–Crippen LogP) is 2.47. The van der Waals surface area contributed by atoms with E-state index in [0.29, 0.717) is 23.1 Å². The molecule has 1 aliphatic rings. The number of nitrogens with zero attached hydrogens (tertiary/aromatic N) is 5. The summed E-state index contributed by atoms with van der Waals surface area (Å²) in [5.74, 6) is 0.955. The van der Waals surface area contributed by atoms with Crippen LogP contribution in [0.15, 0.2) is 24.4 Å². The molecule has 10 heteroatoms. The third kappa shape index (κ3) is 4.11. The van der Waals surface area contributed by atoms with Gasteiger partial charge in [-0.2, -0.15) is 9.97 Å². The van der Waals surface area contributed by atoms with Gasteiger partial charge in [0.15, 0.2) is 5.13 Å². The van der Waals surface area contributed by atoms with Gasteiger partial charge in [-0.05, 0) is 19.1 Å². The number of methoxy groups -OCH3 is 2. The number of rotatable bonds is 5. The molecule has 0 saturated heterocycles. The van der Waals surface area contributed by atoms with Crippen LogP contribution in [-0.2, 0) is 13.0 Å². The number of carbonyl (C=O) groups is 1. The zero-order chi connectivity index (χ0) is 20.4. The summed E-state index contributed by atoms with van der Waals surface area (Å²) in [4.78, 5) is 32.9. The second kappa shape index (κ2) is 8.00. The van der Waals surface area contributed by atoms with Crippen molar-refractivity contribution in [2.45, 2.75) is 19.9 Å². The van der Waals surface area contributed by atoms with Gasteiger partial charge in [0, 0.05) is 35.8 Å². The van der Waals surface area contributed by atoms with Crippen LogP contribution in [0.5, 0.6) is 11.9 Å². The normalized spacial score (nSPS) is 13.0. The summed E-state index contributed by atoms with van der Waals surface area (Å²) in [6.07, 6.45) is 2.32. The zero-order valence-electron chi connectivity index (χ0n) is 16.3. The highest BCUT2D eigenvalue weighted by atomic mass is 32.1. The fourth-order valence-electron chi connectivity index (χ4n) is 2.97. The number of pyridine rings is 1. The van der Waals surface area contributed by atoms with E-state index in [1.54, 1.807) is 25.4 Å². The smallest absolute Gasteiger partial charge is 0.321 e. The summed E-state index contributed by atoms with van der Waals surface area (Å²) in [6, 6.07) is 5.60. The first-order valence-corrected chi connectivity index (χ1v) is 9.82. The van der Waals surface area contributed by atoms with E-state index >= 15 is 0 Å². The average Bonchev–Trinajstić information content (AvgIpc) is 3.15. The van der Waals surface area contributed by atoms with Crippen molar-refractivity contribution >= 4 is 28.2 Å². The molecule has 1 amide bonds. The fourth-order valence-corrected chi connectivity index (χ4v) is 3.98. The molecule has 3 aromatic heterocycles. The second-order valence-corrected chi connectivity index (χ2v) is 7.54. The van der Waals surface area contributed by atoms with Gasteiger partial charge in [0.2, 0.25) is 5.88 Å². The van der Waals surface area contributed by atoms with Crippen LogP contribution in [-0.4, -0.2) is 46.6 Å². The number of carbonyl (C=O) groups excluding carboxylic acids is 1. The number of thiazole rings is 1. The molecule has 9 nitrogen and oxygen atoms in total. The highest BCUT2D eigenvalue weighted by Gasteiger charge is 2.23. The van der Waals surface area contributed by atoms with E-state index < -0.39 is 0 Å². The summed E-state index contributed by atoms with van der Waals surface area (Å²) in [5, 5.41) is 3.45. The number of aryl methyl sites for hydroxylation is 1. The minimum Gasteiger partial charge on any atom is -0.481 e. The lowest BCUT2D eigenvalue weighted by Gasteiger charge is -2.27. The molecule has 0 aliphatic carbocycles. The van der Waals surface area contributed by atoms with Crippen LogP contribution >= 0.6 is 11.3 Å². The van der Waals surface area contributed by atoms with Crippen molar-refractivity contribution in [1.82, 2.24) is 19.9 Å². The van der Waals surface area contributed by atoms with E-state index in [4.69, 9.17) is 9.47 Å². The van der Waals surface area contributed by atoms with Gasteiger partial charge in [0.25, 0.3) is 5.91 Å². The maximum atomic E-state index is 12.4. The number of hydrogen-bond donors (Lipinski definition) is 1. The topological polar surface area (TPSA) is 102 Å². The molecule has 4 rings (SSSR count). The van der Waals surface area contributed by atoms with E-state index in [1.165, 1.54) is 18.4 Å². The monoisotopic (exact) mass is 412 g/mol. The van der Waals surface area contributed by atoms with Gasteiger partial charge in [-0.15, -0.1) is 0 Å². The lowest BCUT2D eigenvalue weighted by atomic mass is 10.2. The van der Waals surface area contributed by atoms with E-state index in [1.807, 2.05) is 13.0 Å². The highest BCUT2D eigenvalue weighted by Crippen LogP contribution is 2.31. The molecular formula is C19H20N6O3S. The van der Waals surface area contributed by atoms with Gasteiger partial charge >= 0.3 is 6.01 Å². The zero-order valence-corrected chi connectivity index (χ0v) is 17.1. The molecule has 0 atom stereocenters. The summed E-state index contributed by atoms with van der Waals surface area (Å²) in [6.45, 7) is 3.26. The number of fused-ring (bicyclic) bond motifs is 1. The number of hydrogen-bond acceptors (Lipinski definition) is 9. The van der Waals surface area contributed by atoms with E-state index in [0.717, 1.165) is 35.0 Å². The van der Waals surface area contributed by atoms with Gasteiger partial charge < -0.3 is 14.4 Å². The number of aromatic nitrogens is 4. The average molecular weight is 412 g/mol. The van der Waals surface area contributed by atoms with Crippen molar-refractivity contribution in [1.29, 1.82) is 0 Å². The molecule has 0 spiro atoms. The Morgan fingerprint density at radius 3 is 2.79 bits per heavy atom. The van der Waals surface area contributed by atoms with Crippen LogP contribution in [0.2, 0.25) is 0 Å². The van der Waals surface area contributed by atoms with Crippen molar-refractivity contribution in [3.05, 3.63) is 46.2 Å². The molecule has 0 saturated carbocycles. The Bertz CT molecular complexity index is 1010. The largest absolute Gasteiger partial charge is 0.481 e. The van der Waals surface area contributed by atoms with E-state index in [-0.39, 0.29) is 11.9 Å². The molecule has 1 N–H and O–H groups in total. The molecule has 0 unspecified atom stereocenters. The Morgan fingerprint density at radius 1 is 1.21 bits per heavy atom. The third-order valence-corrected chi connectivity index (χ3v) is 5.51. The van der Waals surface area contributed by atoms with Gasteiger partial charge in [0.1, 0.15) is 5.82 Å². The first kappa shape index (κ1) is 19.1. The van der Waals surface area contributed by atoms with Crippen LogP contribution in [0.3, 0.4) is 0 Å². The molecule has 29 heavy (non-hydrogen) atoms. The second-order valence-electron chi connectivity index (χ2n) is 6.46. The Hall–Kier alpha value is -3.27. The number of amides is 1. The van der Waals surface area contributed by atoms with Crippen LogP contribution in [0.4, 0.5) is 10.9 Å². The Kier molecular flexibility index (Phi) is 5.26. The first-order chi connectivity index (χ1) is 14.1. The van der Waals surface area contributed by atoms with Crippen molar-refractivity contribution in [3.63, 3.8) is 0 Å². The Labute approximate surface area is 171 Å². The van der Waals surface area contributed by atoms with Gasteiger partial charge in [0.05, 0.1) is 32.0 Å². The SMILES string of the molecule is COc1cc(N2CCc3nc(NC(=O)c4ccc(C)nc4)sc3C2)nc(OC)n1. The van der Waals surface area contributed by atoms with Crippen LogP contribution in [0, 0.1) is 6.92 Å². The Balaban J connectivity index is 1.50. The van der Waals surface area contributed by atoms with Crippen LogP contribution in [0.1, 0.15) is 26.6 Å². The first-order valence-electron chi connectivity index (χ1n) is 9.00. The summed E-state index contributed by atoms with van der Waals surface area (Å²) in [7, 11) is 3.08. The quantitative estimate of drug-likeness (QED) is 0.682. The van der Waals surface area contributed by atoms with Gasteiger partial charge in [-0.1, -0.05) is 11.3 Å². The van der Waals surface area contributed by atoms with E-state index in [9.17, 15) is 4.79 Å². The van der Waals surface area contributed by atoms with Crippen molar-refractivity contribution in [2.75, 3.05) is 31.0 Å². The predicted molar refractivity (Wildman–Crippen MR) is 109 cm³/mol. The van der Waals surface area contributed by atoms with Crippen LogP contribution in [0.25, 0.3) is 0 Å². The number of ether oxygens (including phenoxy) is 2. The summed E-state index contributed by atoms with van der Waals surface area (Å²) >= 11 is 1.47. The summed E-state index contributed by atoms with van der Waals surface area (Å²) in [5.41, 5.74) is 2.37. The molecule has 4 heterocycles. The molecular weight excluding hydrogens is 392 g/mol. The molecule has 1 aliphatic heterocycles. The molecule has 0 bridgehead atoms. The highest BCUT2D eigenvalue weighted by molar-refractivity contribution is 7.15. The lowest BCUT2D eigenvalue weighted by Crippen LogP contribution is -2.30. The molecule has 150 valence electrons. The minimum absolute atomic E-state index is 0.217. The fraction of sp³-hybridized carbons (Fsp3) is 0.316. The molecule has 3 aromatic rings. The summed E-state index contributed by atoms with van der Waals surface area (Å²) < 4.78 is 10.4. The minimum atomic E-state index is -0.217. The number of nitrogens with one attached hydrogen (secondary N) is 1. The molecule has 0 radical (unpaired) electrons. The standard InChI is InChI=1S/C19H20N6O3S/c1-11-4-5-12(9-20-11)17(26)24-19-21-13-6-7-25(10-14(13)29-19)15-8-16(27-2)23-18(22-15)28-3/h4-5,8-9H,6-7,10H2,1-3H3,(H,21,24,26). The maximum Gasteiger partial charge on any atom is 0.321 e. The lowest BCUT2D eigenvalue weighted by molar-refractivity contribution is 0.102. The molecule has 0 aromatic carbocycles. The third-order valence-electron chi connectivity index (χ3n) is 4.51. The van der Waals surface area contributed by atoms with Crippen molar-refractivity contribution < 1.29 is 14.3 Å². The number of anilines is 2.